The van der Waals surface area contributed by atoms with Crippen molar-refractivity contribution in [2.75, 3.05) is 5.32 Å². The molecule has 24 heavy (non-hydrogen) atoms. The van der Waals surface area contributed by atoms with Crippen molar-refractivity contribution in [2.45, 2.75) is 6.92 Å². The number of carbonyl (C=O) groups is 1. The standard InChI is InChI=1S/C18H15Br2N3O/c1-11-16(12-6-8-14(19)9-7-12)17(23(2)22-11)21-18(24)13-4-3-5-15(20)10-13/h3-10H,1-2H3,(H,21,24). The molecule has 0 atom stereocenters. The molecule has 0 saturated heterocycles. The van der Waals surface area contributed by atoms with E-state index < -0.39 is 0 Å². The lowest BCUT2D eigenvalue weighted by Gasteiger charge is -2.09. The van der Waals surface area contributed by atoms with Gasteiger partial charge in [-0.3, -0.25) is 9.48 Å². The number of aromatic nitrogens is 2. The monoisotopic (exact) mass is 447 g/mol. The van der Waals surface area contributed by atoms with Crippen LogP contribution in [0.5, 0.6) is 0 Å². The average Bonchev–Trinajstić information content (AvgIpc) is 2.82. The Labute approximate surface area is 157 Å². The Morgan fingerprint density at radius 1 is 1.08 bits per heavy atom. The van der Waals surface area contributed by atoms with Crippen molar-refractivity contribution in [3.05, 3.63) is 68.7 Å². The highest BCUT2D eigenvalue weighted by Gasteiger charge is 2.18. The highest BCUT2D eigenvalue weighted by molar-refractivity contribution is 9.10. The van der Waals surface area contributed by atoms with Gasteiger partial charge in [-0.05, 0) is 42.8 Å². The quantitative estimate of drug-likeness (QED) is 0.600. The molecule has 0 aliphatic carbocycles. The van der Waals surface area contributed by atoms with Gasteiger partial charge in [0.15, 0.2) is 0 Å². The summed E-state index contributed by atoms with van der Waals surface area (Å²) in [5, 5.41) is 7.44. The molecule has 3 rings (SSSR count). The Balaban J connectivity index is 1.99. The highest BCUT2D eigenvalue weighted by atomic mass is 79.9. The number of nitrogens with zero attached hydrogens (tertiary/aromatic N) is 2. The fourth-order valence-electron chi connectivity index (χ4n) is 2.57. The summed E-state index contributed by atoms with van der Waals surface area (Å²) in [5.74, 6) is 0.512. The van der Waals surface area contributed by atoms with Gasteiger partial charge in [-0.2, -0.15) is 5.10 Å². The summed E-state index contributed by atoms with van der Waals surface area (Å²) in [7, 11) is 1.83. The van der Waals surface area contributed by atoms with Gasteiger partial charge in [0.05, 0.1) is 5.69 Å². The zero-order valence-corrected chi connectivity index (χ0v) is 16.3. The Kier molecular flexibility index (Phi) is 4.87. The van der Waals surface area contributed by atoms with Gasteiger partial charge in [0, 0.05) is 27.1 Å². The second kappa shape index (κ2) is 6.91. The van der Waals surface area contributed by atoms with Gasteiger partial charge in [-0.25, -0.2) is 0 Å². The first-order valence-electron chi connectivity index (χ1n) is 7.32. The van der Waals surface area contributed by atoms with Crippen LogP contribution in [-0.2, 0) is 7.05 Å². The van der Waals surface area contributed by atoms with Crippen LogP contribution in [0.25, 0.3) is 11.1 Å². The molecule has 1 aromatic heterocycles. The lowest BCUT2D eigenvalue weighted by Crippen LogP contribution is -2.15. The maximum atomic E-state index is 12.6. The number of nitrogens with one attached hydrogen (secondary N) is 1. The largest absolute Gasteiger partial charge is 0.306 e. The fraction of sp³-hybridized carbons (Fsp3) is 0.111. The zero-order valence-electron chi connectivity index (χ0n) is 13.2. The van der Waals surface area contributed by atoms with E-state index in [1.54, 1.807) is 16.8 Å². The van der Waals surface area contributed by atoms with Crippen molar-refractivity contribution in [1.29, 1.82) is 0 Å². The minimum atomic E-state index is -0.169. The van der Waals surface area contributed by atoms with Crippen LogP contribution in [0, 0.1) is 6.92 Å². The highest BCUT2D eigenvalue weighted by Crippen LogP contribution is 2.32. The average molecular weight is 449 g/mol. The normalized spacial score (nSPS) is 10.7. The van der Waals surface area contributed by atoms with Crippen LogP contribution in [0.4, 0.5) is 5.82 Å². The van der Waals surface area contributed by atoms with Crippen molar-refractivity contribution in [1.82, 2.24) is 9.78 Å². The first-order chi connectivity index (χ1) is 11.5. The predicted octanol–water partition coefficient (Wildman–Crippen LogP) is 5.17. The van der Waals surface area contributed by atoms with E-state index in [1.165, 1.54) is 0 Å². The van der Waals surface area contributed by atoms with Crippen LogP contribution in [0.1, 0.15) is 16.1 Å². The topological polar surface area (TPSA) is 46.9 Å². The summed E-state index contributed by atoms with van der Waals surface area (Å²) >= 11 is 6.83. The molecule has 1 N–H and O–H groups in total. The van der Waals surface area contributed by atoms with Gasteiger partial charge in [0.2, 0.25) is 0 Å². The summed E-state index contributed by atoms with van der Waals surface area (Å²) in [6.45, 7) is 1.94. The fourth-order valence-corrected chi connectivity index (χ4v) is 3.24. The van der Waals surface area contributed by atoms with Crippen LogP contribution >= 0.6 is 31.9 Å². The molecule has 4 nitrogen and oxygen atoms in total. The Morgan fingerprint density at radius 3 is 2.46 bits per heavy atom. The maximum Gasteiger partial charge on any atom is 0.256 e. The van der Waals surface area contributed by atoms with Crippen LogP contribution in [0.2, 0.25) is 0 Å². The van der Waals surface area contributed by atoms with E-state index >= 15 is 0 Å². The molecule has 0 radical (unpaired) electrons. The summed E-state index contributed by atoms with van der Waals surface area (Å²) in [6, 6.07) is 15.2. The van der Waals surface area contributed by atoms with Crippen molar-refractivity contribution < 1.29 is 4.79 Å². The molecule has 2 aromatic carbocycles. The molecule has 1 amide bonds. The molecule has 122 valence electrons. The molecule has 0 unspecified atom stereocenters. The van der Waals surface area contributed by atoms with Crippen molar-refractivity contribution in [2.24, 2.45) is 7.05 Å². The predicted molar refractivity (Wildman–Crippen MR) is 103 cm³/mol. The van der Waals surface area contributed by atoms with Gasteiger partial charge >= 0.3 is 0 Å². The first kappa shape index (κ1) is 16.9. The Morgan fingerprint density at radius 2 is 1.79 bits per heavy atom. The third kappa shape index (κ3) is 3.44. The number of anilines is 1. The number of aryl methyl sites for hydroxylation is 2. The van der Waals surface area contributed by atoms with Crippen LogP contribution < -0.4 is 5.32 Å². The Hall–Kier alpha value is -1.92. The number of hydrogen-bond donors (Lipinski definition) is 1. The van der Waals surface area contributed by atoms with Crippen LogP contribution in [0.3, 0.4) is 0 Å². The number of halogens is 2. The molecule has 0 bridgehead atoms. The van der Waals surface area contributed by atoms with E-state index in [4.69, 9.17) is 0 Å². The number of rotatable bonds is 3. The van der Waals surface area contributed by atoms with E-state index in [-0.39, 0.29) is 5.91 Å². The lowest BCUT2D eigenvalue weighted by molar-refractivity contribution is 0.102. The van der Waals surface area contributed by atoms with E-state index in [9.17, 15) is 4.79 Å². The SMILES string of the molecule is Cc1nn(C)c(NC(=O)c2cccc(Br)c2)c1-c1ccc(Br)cc1. The van der Waals surface area contributed by atoms with Crippen LogP contribution in [-0.4, -0.2) is 15.7 Å². The molecule has 0 aliphatic rings. The number of carbonyl (C=O) groups excluding carboxylic acids is 1. The number of benzene rings is 2. The number of amides is 1. The van der Waals surface area contributed by atoms with Crippen molar-refractivity contribution >= 4 is 43.6 Å². The van der Waals surface area contributed by atoms with Gasteiger partial charge in [-0.15, -0.1) is 0 Å². The second-order valence-corrected chi connectivity index (χ2v) is 7.24. The first-order valence-corrected chi connectivity index (χ1v) is 8.91. The van der Waals surface area contributed by atoms with Crippen molar-refractivity contribution in [3.63, 3.8) is 0 Å². The van der Waals surface area contributed by atoms with Gasteiger partial charge in [0.1, 0.15) is 5.82 Å². The molecular formula is C18H15Br2N3O. The van der Waals surface area contributed by atoms with E-state index in [0.717, 1.165) is 25.8 Å². The molecule has 0 fully saturated rings. The van der Waals surface area contributed by atoms with Gasteiger partial charge < -0.3 is 5.32 Å². The lowest BCUT2D eigenvalue weighted by atomic mass is 10.1. The van der Waals surface area contributed by atoms with Crippen LogP contribution in [0.15, 0.2) is 57.5 Å². The minimum absolute atomic E-state index is 0.169. The summed E-state index contributed by atoms with van der Waals surface area (Å²) in [6.07, 6.45) is 0. The summed E-state index contributed by atoms with van der Waals surface area (Å²) in [5.41, 5.74) is 3.39. The van der Waals surface area contributed by atoms with Crippen molar-refractivity contribution in [3.8, 4) is 11.1 Å². The smallest absolute Gasteiger partial charge is 0.256 e. The molecule has 0 saturated carbocycles. The summed E-state index contributed by atoms with van der Waals surface area (Å²) in [4.78, 5) is 12.6. The summed E-state index contributed by atoms with van der Waals surface area (Å²) < 4.78 is 3.57. The molecule has 0 spiro atoms. The Bertz CT molecular complexity index is 901. The van der Waals surface area contributed by atoms with Gasteiger partial charge in [-0.1, -0.05) is 50.1 Å². The van der Waals surface area contributed by atoms with E-state index in [0.29, 0.717) is 11.4 Å². The second-order valence-electron chi connectivity index (χ2n) is 5.40. The minimum Gasteiger partial charge on any atom is -0.306 e. The number of hydrogen-bond acceptors (Lipinski definition) is 2. The van der Waals surface area contributed by atoms with E-state index in [2.05, 4.69) is 42.3 Å². The third-order valence-electron chi connectivity index (χ3n) is 3.67. The van der Waals surface area contributed by atoms with E-state index in [1.807, 2.05) is 50.4 Å². The zero-order chi connectivity index (χ0) is 17.3. The molecule has 3 aromatic rings. The molecule has 0 aliphatic heterocycles. The third-order valence-corrected chi connectivity index (χ3v) is 4.70. The van der Waals surface area contributed by atoms with Gasteiger partial charge in [0.25, 0.3) is 5.91 Å². The maximum absolute atomic E-state index is 12.6. The molecule has 1 heterocycles. The molecular weight excluding hydrogens is 434 g/mol. The molecule has 6 heteroatoms.